The van der Waals surface area contributed by atoms with Crippen molar-refractivity contribution in [2.75, 3.05) is 16.3 Å². The molecule has 0 spiro atoms. The van der Waals surface area contributed by atoms with E-state index in [1.54, 1.807) is 12.1 Å². The van der Waals surface area contributed by atoms with Crippen molar-refractivity contribution in [3.63, 3.8) is 0 Å². The lowest BCUT2D eigenvalue weighted by Crippen LogP contribution is -2.14. The van der Waals surface area contributed by atoms with Gasteiger partial charge in [-0.15, -0.1) is 0 Å². The Bertz CT molecular complexity index is 872. The molecule has 0 unspecified atom stereocenters. The molecule has 1 amide bonds. The highest BCUT2D eigenvalue weighted by atomic mass is 35.5. The Morgan fingerprint density at radius 1 is 1.09 bits per heavy atom. The number of anilines is 2. The van der Waals surface area contributed by atoms with E-state index in [2.05, 4.69) is 10.0 Å². The Morgan fingerprint density at radius 3 is 2.39 bits per heavy atom. The van der Waals surface area contributed by atoms with Crippen LogP contribution in [0.3, 0.4) is 0 Å². The molecule has 0 atom stereocenters. The molecule has 122 valence electrons. The first-order valence-electron chi connectivity index (χ1n) is 6.19. The molecule has 23 heavy (non-hydrogen) atoms. The van der Waals surface area contributed by atoms with Gasteiger partial charge in [-0.2, -0.15) is 0 Å². The Balaban J connectivity index is 2.24. The average Bonchev–Trinajstić information content (AvgIpc) is 2.41. The molecule has 0 radical (unpaired) electrons. The summed E-state index contributed by atoms with van der Waals surface area (Å²) >= 11 is 11.5. The van der Waals surface area contributed by atoms with Gasteiger partial charge in [0.1, 0.15) is 5.82 Å². The van der Waals surface area contributed by atoms with E-state index in [1.807, 2.05) is 0 Å². The molecule has 2 N–H and O–H groups in total. The van der Waals surface area contributed by atoms with Crippen LogP contribution in [0.5, 0.6) is 0 Å². The molecule has 2 rings (SSSR count). The number of hydrogen-bond acceptors (Lipinski definition) is 3. The molecule has 2 aromatic rings. The molecule has 0 bridgehead atoms. The summed E-state index contributed by atoms with van der Waals surface area (Å²) in [7, 11) is -3.44. The summed E-state index contributed by atoms with van der Waals surface area (Å²) < 4.78 is 38.1. The fourth-order valence-electron chi connectivity index (χ4n) is 1.77. The predicted octanol–water partition coefficient (Wildman–Crippen LogP) is 3.76. The smallest absolute Gasteiger partial charge is 0.257 e. The SMILES string of the molecule is CS(=O)(=O)Nc1cccc(NC(=O)c2cc(F)c(Cl)cc2Cl)c1. The number of rotatable bonds is 4. The molecule has 0 heterocycles. The lowest BCUT2D eigenvalue weighted by atomic mass is 10.2. The van der Waals surface area contributed by atoms with Crippen LogP contribution < -0.4 is 10.0 Å². The first kappa shape index (κ1) is 17.5. The number of carbonyl (C=O) groups excluding carboxylic acids is 1. The first-order chi connectivity index (χ1) is 10.7. The second kappa shape index (κ2) is 6.74. The van der Waals surface area contributed by atoms with Crippen LogP contribution in [0, 0.1) is 5.82 Å². The maximum atomic E-state index is 13.5. The predicted molar refractivity (Wildman–Crippen MR) is 89.3 cm³/mol. The van der Waals surface area contributed by atoms with E-state index in [-0.39, 0.29) is 21.3 Å². The third-order valence-electron chi connectivity index (χ3n) is 2.68. The summed E-state index contributed by atoms with van der Waals surface area (Å²) in [6.45, 7) is 0. The van der Waals surface area contributed by atoms with E-state index in [4.69, 9.17) is 23.2 Å². The molecular formula is C14H11Cl2FN2O3S. The minimum absolute atomic E-state index is 0.000634. The van der Waals surface area contributed by atoms with Crippen molar-refractivity contribution in [3.05, 3.63) is 57.8 Å². The summed E-state index contributed by atoms with van der Waals surface area (Å²) in [5, 5.41) is 2.31. The monoisotopic (exact) mass is 376 g/mol. The molecule has 0 saturated heterocycles. The number of halogens is 3. The molecular weight excluding hydrogens is 366 g/mol. The van der Waals surface area contributed by atoms with Gasteiger partial charge in [0.25, 0.3) is 5.91 Å². The second-order valence-corrected chi connectivity index (χ2v) is 7.22. The minimum Gasteiger partial charge on any atom is -0.322 e. The molecule has 2 aromatic carbocycles. The molecule has 0 aliphatic carbocycles. The van der Waals surface area contributed by atoms with Gasteiger partial charge in [-0.1, -0.05) is 29.3 Å². The lowest BCUT2D eigenvalue weighted by Gasteiger charge is -2.10. The number of sulfonamides is 1. The summed E-state index contributed by atoms with van der Waals surface area (Å²) in [6.07, 6.45) is 1.01. The Morgan fingerprint density at radius 2 is 1.74 bits per heavy atom. The van der Waals surface area contributed by atoms with Gasteiger partial charge in [0.2, 0.25) is 10.0 Å². The minimum atomic E-state index is -3.44. The standard InChI is InChI=1S/C14H11Cl2FN2O3S/c1-23(21,22)19-9-4-2-3-8(5-9)18-14(20)10-6-13(17)12(16)7-11(10)15/h2-7,19H,1H3,(H,18,20). The van der Waals surface area contributed by atoms with Gasteiger partial charge in [-0.25, -0.2) is 12.8 Å². The maximum absolute atomic E-state index is 13.5. The number of amides is 1. The van der Waals surface area contributed by atoms with Crippen molar-refractivity contribution in [2.45, 2.75) is 0 Å². The first-order valence-corrected chi connectivity index (χ1v) is 8.84. The van der Waals surface area contributed by atoms with E-state index in [1.165, 1.54) is 12.1 Å². The van der Waals surface area contributed by atoms with Crippen LogP contribution in [-0.2, 0) is 10.0 Å². The number of benzene rings is 2. The molecule has 0 aliphatic rings. The third-order valence-corrected chi connectivity index (χ3v) is 3.89. The molecule has 0 saturated carbocycles. The molecule has 5 nitrogen and oxygen atoms in total. The van der Waals surface area contributed by atoms with E-state index < -0.39 is 21.7 Å². The Labute approximate surface area is 142 Å². The highest BCUT2D eigenvalue weighted by Gasteiger charge is 2.14. The van der Waals surface area contributed by atoms with Crippen LogP contribution in [0.15, 0.2) is 36.4 Å². The highest BCUT2D eigenvalue weighted by molar-refractivity contribution is 7.92. The average molecular weight is 377 g/mol. The van der Waals surface area contributed by atoms with Gasteiger partial charge in [-0.3, -0.25) is 9.52 Å². The van der Waals surface area contributed by atoms with Crippen molar-refractivity contribution in [2.24, 2.45) is 0 Å². The molecule has 0 aromatic heterocycles. The highest BCUT2D eigenvalue weighted by Crippen LogP contribution is 2.25. The fourth-order valence-corrected chi connectivity index (χ4v) is 2.79. The van der Waals surface area contributed by atoms with Gasteiger partial charge >= 0.3 is 0 Å². The number of hydrogen-bond donors (Lipinski definition) is 2. The van der Waals surface area contributed by atoms with Crippen molar-refractivity contribution >= 4 is 50.5 Å². The summed E-state index contributed by atoms with van der Waals surface area (Å²) in [5.41, 5.74) is 0.504. The van der Waals surface area contributed by atoms with Gasteiger partial charge in [0.15, 0.2) is 0 Å². The second-order valence-electron chi connectivity index (χ2n) is 4.66. The van der Waals surface area contributed by atoms with E-state index in [0.29, 0.717) is 5.69 Å². The molecule has 0 fully saturated rings. The van der Waals surface area contributed by atoms with Crippen molar-refractivity contribution < 1.29 is 17.6 Å². The zero-order valence-corrected chi connectivity index (χ0v) is 14.1. The van der Waals surface area contributed by atoms with Crippen LogP contribution in [-0.4, -0.2) is 20.6 Å². The van der Waals surface area contributed by atoms with E-state index in [0.717, 1.165) is 18.4 Å². The number of nitrogens with one attached hydrogen (secondary N) is 2. The van der Waals surface area contributed by atoms with Crippen LogP contribution in [0.2, 0.25) is 10.0 Å². The number of carbonyl (C=O) groups is 1. The zero-order chi connectivity index (χ0) is 17.2. The van der Waals surface area contributed by atoms with Gasteiger partial charge in [-0.05, 0) is 30.3 Å². The Kier molecular flexibility index (Phi) is 5.13. The van der Waals surface area contributed by atoms with Crippen LogP contribution in [0.4, 0.5) is 15.8 Å². The van der Waals surface area contributed by atoms with Crippen molar-refractivity contribution in [3.8, 4) is 0 Å². The zero-order valence-electron chi connectivity index (χ0n) is 11.7. The van der Waals surface area contributed by atoms with Gasteiger partial charge in [0, 0.05) is 5.69 Å². The topological polar surface area (TPSA) is 75.3 Å². The normalized spacial score (nSPS) is 11.1. The van der Waals surface area contributed by atoms with Gasteiger partial charge < -0.3 is 5.32 Å². The van der Waals surface area contributed by atoms with Gasteiger partial charge in [0.05, 0.1) is 27.6 Å². The van der Waals surface area contributed by atoms with Crippen molar-refractivity contribution in [1.82, 2.24) is 0 Å². The Hall–Kier alpha value is -1.83. The van der Waals surface area contributed by atoms with E-state index >= 15 is 0 Å². The van der Waals surface area contributed by atoms with Crippen molar-refractivity contribution in [1.29, 1.82) is 0 Å². The third kappa shape index (κ3) is 4.82. The van der Waals surface area contributed by atoms with Crippen LogP contribution in [0.1, 0.15) is 10.4 Å². The van der Waals surface area contributed by atoms with Crippen LogP contribution in [0.25, 0.3) is 0 Å². The maximum Gasteiger partial charge on any atom is 0.257 e. The van der Waals surface area contributed by atoms with Crippen LogP contribution >= 0.6 is 23.2 Å². The quantitative estimate of drug-likeness (QED) is 0.797. The van der Waals surface area contributed by atoms with E-state index in [9.17, 15) is 17.6 Å². The largest absolute Gasteiger partial charge is 0.322 e. The summed E-state index contributed by atoms with van der Waals surface area (Å²) in [6, 6.07) is 8.09. The molecule has 0 aliphatic heterocycles. The summed E-state index contributed by atoms with van der Waals surface area (Å²) in [5.74, 6) is -1.42. The molecule has 9 heteroatoms. The summed E-state index contributed by atoms with van der Waals surface area (Å²) in [4.78, 5) is 12.2. The fraction of sp³-hybridized carbons (Fsp3) is 0.0714. The lowest BCUT2D eigenvalue weighted by molar-refractivity contribution is 0.102.